The molecule has 0 spiro atoms. The summed E-state index contributed by atoms with van der Waals surface area (Å²) < 4.78 is 7.68. The number of pyridine rings is 1. The highest BCUT2D eigenvalue weighted by molar-refractivity contribution is 6.31. The molecule has 0 bridgehead atoms. The number of amides is 1. The molecule has 31 heavy (non-hydrogen) atoms. The number of carbonyl (C=O) groups is 1. The van der Waals surface area contributed by atoms with E-state index in [4.69, 9.17) is 16.3 Å². The van der Waals surface area contributed by atoms with Crippen molar-refractivity contribution in [2.45, 2.75) is 39.3 Å². The van der Waals surface area contributed by atoms with Crippen LogP contribution in [0.4, 0.5) is 0 Å². The fraction of sp³-hybridized carbons (Fsp3) is 0.391. The molecule has 1 amide bonds. The Labute approximate surface area is 187 Å². The monoisotopic (exact) mass is 439 g/mol. The van der Waals surface area contributed by atoms with Crippen LogP contribution in [0.3, 0.4) is 0 Å². The molecule has 8 heteroatoms. The van der Waals surface area contributed by atoms with Gasteiger partial charge in [0.15, 0.2) is 0 Å². The van der Waals surface area contributed by atoms with Gasteiger partial charge in [-0.05, 0) is 37.1 Å². The van der Waals surface area contributed by atoms with Gasteiger partial charge in [-0.25, -0.2) is 9.67 Å². The number of rotatable bonds is 6. The van der Waals surface area contributed by atoms with Gasteiger partial charge in [0, 0.05) is 30.6 Å². The molecular formula is C23H26ClN5O2. The number of aromatic nitrogens is 4. The molecule has 3 heterocycles. The maximum absolute atomic E-state index is 12.7. The average Bonchev–Trinajstić information content (AvgIpc) is 3.11. The zero-order valence-electron chi connectivity index (χ0n) is 17.8. The lowest BCUT2D eigenvalue weighted by atomic mass is 10.1. The molecule has 7 nitrogen and oxygen atoms in total. The Morgan fingerprint density at radius 1 is 1.23 bits per heavy atom. The van der Waals surface area contributed by atoms with E-state index < -0.39 is 0 Å². The van der Waals surface area contributed by atoms with Crippen molar-refractivity contribution in [3.8, 4) is 0 Å². The van der Waals surface area contributed by atoms with E-state index in [1.54, 1.807) is 4.68 Å². The molecule has 2 aromatic heterocycles. The van der Waals surface area contributed by atoms with Crippen molar-refractivity contribution in [3.05, 3.63) is 76.1 Å². The van der Waals surface area contributed by atoms with Crippen LogP contribution in [0.5, 0.6) is 0 Å². The smallest absolute Gasteiger partial charge is 0.224 e. The predicted octanol–water partition coefficient (Wildman–Crippen LogP) is 3.52. The third kappa shape index (κ3) is 5.29. The zero-order chi connectivity index (χ0) is 21.8. The molecule has 3 aromatic rings. The van der Waals surface area contributed by atoms with E-state index in [0.717, 1.165) is 39.9 Å². The lowest BCUT2D eigenvalue weighted by molar-refractivity contribution is -0.139. The van der Waals surface area contributed by atoms with Crippen molar-refractivity contribution < 1.29 is 9.53 Å². The Balaban J connectivity index is 1.35. The van der Waals surface area contributed by atoms with Crippen LogP contribution in [0, 0.1) is 13.8 Å². The molecule has 0 saturated carbocycles. The SMILES string of the molecule is Cc1nc(C)n(CCC(=O)N2CCO[C@H](c3ccc(Cc4ccccc4Cl)cn3)C2)n1. The summed E-state index contributed by atoms with van der Waals surface area (Å²) in [5.41, 5.74) is 2.99. The van der Waals surface area contributed by atoms with E-state index in [1.165, 1.54) is 0 Å². The van der Waals surface area contributed by atoms with Gasteiger partial charge in [0.25, 0.3) is 0 Å². The summed E-state index contributed by atoms with van der Waals surface area (Å²) >= 11 is 6.26. The molecule has 0 unspecified atom stereocenters. The zero-order valence-corrected chi connectivity index (χ0v) is 18.5. The first-order chi connectivity index (χ1) is 15.0. The Morgan fingerprint density at radius 3 is 2.77 bits per heavy atom. The molecule has 1 fully saturated rings. The number of nitrogens with zero attached hydrogens (tertiary/aromatic N) is 5. The van der Waals surface area contributed by atoms with Crippen LogP contribution in [0.15, 0.2) is 42.6 Å². The van der Waals surface area contributed by atoms with Crippen molar-refractivity contribution >= 4 is 17.5 Å². The third-order valence-electron chi connectivity index (χ3n) is 5.45. The molecule has 1 saturated heterocycles. The van der Waals surface area contributed by atoms with Gasteiger partial charge in [-0.2, -0.15) is 5.10 Å². The summed E-state index contributed by atoms with van der Waals surface area (Å²) in [6, 6.07) is 11.8. The van der Waals surface area contributed by atoms with Crippen LogP contribution in [-0.2, 0) is 22.5 Å². The number of morpholine rings is 1. The van der Waals surface area contributed by atoms with E-state index in [1.807, 2.05) is 61.3 Å². The van der Waals surface area contributed by atoms with Gasteiger partial charge in [-0.3, -0.25) is 9.78 Å². The largest absolute Gasteiger partial charge is 0.368 e. The molecule has 1 aliphatic heterocycles. The Bertz CT molecular complexity index is 1050. The molecule has 1 atom stereocenters. The number of carbonyl (C=O) groups excluding carboxylic acids is 1. The first kappa shape index (κ1) is 21.5. The van der Waals surface area contributed by atoms with E-state index >= 15 is 0 Å². The summed E-state index contributed by atoms with van der Waals surface area (Å²) in [4.78, 5) is 23.5. The minimum atomic E-state index is -0.220. The van der Waals surface area contributed by atoms with E-state index in [9.17, 15) is 4.79 Å². The number of hydrogen-bond acceptors (Lipinski definition) is 5. The fourth-order valence-electron chi connectivity index (χ4n) is 3.78. The molecule has 0 aliphatic carbocycles. The van der Waals surface area contributed by atoms with Crippen molar-refractivity contribution in [1.82, 2.24) is 24.6 Å². The number of hydrogen-bond donors (Lipinski definition) is 0. The second-order valence-corrected chi connectivity index (χ2v) is 8.15. The van der Waals surface area contributed by atoms with Crippen LogP contribution in [0.25, 0.3) is 0 Å². The molecule has 1 aliphatic rings. The quantitative estimate of drug-likeness (QED) is 0.587. The molecule has 162 valence electrons. The molecular weight excluding hydrogens is 414 g/mol. The normalized spacial score (nSPS) is 16.5. The maximum atomic E-state index is 12.7. The number of halogens is 1. The third-order valence-corrected chi connectivity index (χ3v) is 5.82. The van der Waals surface area contributed by atoms with Gasteiger partial charge in [0.2, 0.25) is 5.91 Å². The van der Waals surface area contributed by atoms with Crippen LogP contribution < -0.4 is 0 Å². The fourth-order valence-corrected chi connectivity index (χ4v) is 3.98. The van der Waals surface area contributed by atoms with Crippen LogP contribution in [-0.4, -0.2) is 50.3 Å². The molecule has 0 N–H and O–H groups in total. The lowest BCUT2D eigenvalue weighted by Gasteiger charge is -2.32. The second-order valence-electron chi connectivity index (χ2n) is 7.74. The molecule has 4 rings (SSSR count). The topological polar surface area (TPSA) is 73.1 Å². The highest BCUT2D eigenvalue weighted by Gasteiger charge is 2.26. The summed E-state index contributed by atoms with van der Waals surface area (Å²) in [5, 5.41) is 5.08. The van der Waals surface area contributed by atoms with E-state index in [2.05, 4.69) is 15.1 Å². The average molecular weight is 440 g/mol. The minimum absolute atomic E-state index is 0.0937. The Morgan fingerprint density at radius 2 is 2.06 bits per heavy atom. The van der Waals surface area contributed by atoms with Gasteiger partial charge in [-0.15, -0.1) is 0 Å². The van der Waals surface area contributed by atoms with Gasteiger partial charge < -0.3 is 9.64 Å². The van der Waals surface area contributed by atoms with E-state index in [0.29, 0.717) is 32.7 Å². The summed E-state index contributed by atoms with van der Waals surface area (Å²) in [7, 11) is 0. The van der Waals surface area contributed by atoms with Crippen LogP contribution in [0.2, 0.25) is 5.02 Å². The molecule has 0 radical (unpaired) electrons. The summed E-state index contributed by atoms with van der Waals surface area (Å²) in [5.74, 6) is 1.64. The van der Waals surface area contributed by atoms with Crippen LogP contribution >= 0.6 is 11.6 Å². The summed E-state index contributed by atoms with van der Waals surface area (Å²) in [6.45, 7) is 5.88. The lowest BCUT2D eigenvalue weighted by Crippen LogP contribution is -2.42. The van der Waals surface area contributed by atoms with Crippen molar-refractivity contribution in [2.75, 3.05) is 19.7 Å². The van der Waals surface area contributed by atoms with Gasteiger partial charge in [-0.1, -0.05) is 35.9 Å². The van der Waals surface area contributed by atoms with Gasteiger partial charge in [0.05, 0.1) is 25.4 Å². The van der Waals surface area contributed by atoms with Crippen molar-refractivity contribution in [2.24, 2.45) is 0 Å². The minimum Gasteiger partial charge on any atom is -0.368 e. The predicted molar refractivity (Wildman–Crippen MR) is 118 cm³/mol. The number of ether oxygens (including phenoxy) is 1. The highest BCUT2D eigenvalue weighted by atomic mass is 35.5. The van der Waals surface area contributed by atoms with E-state index in [-0.39, 0.29) is 12.0 Å². The number of aryl methyl sites for hydroxylation is 3. The van der Waals surface area contributed by atoms with Crippen molar-refractivity contribution in [1.29, 1.82) is 0 Å². The Kier molecular flexibility index (Phi) is 6.63. The highest BCUT2D eigenvalue weighted by Crippen LogP contribution is 2.23. The van der Waals surface area contributed by atoms with Crippen LogP contribution in [0.1, 0.15) is 41.0 Å². The second kappa shape index (κ2) is 9.58. The summed E-state index contributed by atoms with van der Waals surface area (Å²) in [6.07, 6.45) is 2.76. The first-order valence-corrected chi connectivity index (χ1v) is 10.8. The first-order valence-electron chi connectivity index (χ1n) is 10.5. The van der Waals surface area contributed by atoms with Gasteiger partial charge in [0.1, 0.15) is 17.8 Å². The molecule has 1 aromatic carbocycles. The Hall–Kier alpha value is -2.77. The van der Waals surface area contributed by atoms with Crippen molar-refractivity contribution in [3.63, 3.8) is 0 Å². The maximum Gasteiger partial charge on any atom is 0.224 e. The standard InChI is InChI=1S/C23H26ClN5O2/c1-16-26-17(2)29(27-16)10-9-23(30)28-11-12-31-22(15-28)21-8-7-18(14-25-21)13-19-5-3-4-6-20(19)24/h3-8,14,22H,9-13,15H2,1-2H3/t22-/m0/s1. The number of benzene rings is 1. The van der Waals surface area contributed by atoms with Gasteiger partial charge >= 0.3 is 0 Å².